The molecule has 152 valence electrons. The average molecular weight is 393 g/mol. The molecule has 6 nitrogen and oxygen atoms in total. The maximum absolute atomic E-state index is 9.15. The van der Waals surface area contributed by atoms with E-state index in [-0.39, 0.29) is 6.61 Å². The fourth-order valence-corrected chi connectivity index (χ4v) is 3.76. The van der Waals surface area contributed by atoms with Crippen molar-refractivity contribution in [2.24, 2.45) is 0 Å². The van der Waals surface area contributed by atoms with Gasteiger partial charge in [0.25, 0.3) is 0 Å². The zero-order valence-electron chi connectivity index (χ0n) is 16.8. The number of fused-ring (bicyclic) bond motifs is 1. The predicted molar refractivity (Wildman–Crippen MR) is 115 cm³/mol. The first-order chi connectivity index (χ1) is 14.3. The van der Waals surface area contributed by atoms with E-state index in [0.29, 0.717) is 6.61 Å². The van der Waals surface area contributed by atoms with Crippen molar-refractivity contribution in [2.75, 3.05) is 51.3 Å². The maximum Gasteiger partial charge on any atom is 0.146 e. The quantitative estimate of drug-likeness (QED) is 0.666. The first kappa shape index (κ1) is 19.5. The third-order valence-electron chi connectivity index (χ3n) is 5.39. The van der Waals surface area contributed by atoms with Gasteiger partial charge in [0.2, 0.25) is 0 Å². The molecule has 0 spiro atoms. The molecule has 0 unspecified atom stereocenters. The first-order valence-electron chi connectivity index (χ1n) is 10.00. The van der Waals surface area contributed by atoms with Crippen LogP contribution in [0.1, 0.15) is 5.56 Å². The number of piperazine rings is 1. The SMILES string of the molecule is COc1ccc(COc2cccc3c(N4CCN(CCO)CC4)ccnc23)cc1. The summed E-state index contributed by atoms with van der Waals surface area (Å²) >= 11 is 0. The summed E-state index contributed by atoms with van der Waals surface area (Å²) in [4.78, 5) is 9.29. The van der Waals surface area contributed by atoms with Crippen LogP contribution in [0.4, 0.5) is 5.69 Å². The van der Waals surface area contributed by atoms with Gasteiger partial charge in [0.15, 0.2) is 0 Å². The number of aromatic nitrogens is 1. The van der Waals surface area contributed by atoms with Gasteiger partial charge in [-0.3, -0.25) is 9.88 Å². The highest BCUT2D eigenvalue weighted by Crippen LogP contribution is 2.32. The van der Waals surface area contributed by atoms with Gasteiger partial charge < -0.3 is 19.5 Å². The zero-order valence-corrected chi connectivity index (χ0v) is 16.8. The molecule has 0 atom stereocenters. The average Bonchev–Trinajstić information content (AvgIpc) is 2.78. The maximum atomic E-state index is 9.15. The second-order valence-electron chi connectivity index (χ2n) is 7.17. The molecule has 1 N–H and O–H groups in total. The molecule has 2 heterocycles. The lowest BCUT2D eigenvalue weighted by Gasteiger charge is -2.36. The van der Waals surface area contributed by atoms with Crippen molar-refractivity contribution >= 4 is 16.6 Å². The molecule has 1 fully saturated rings. The summed E-state index contributed by atoms with van der Waals surface area (Å²) in [6.45, 7) is 5.23. The third kappa shape index (κ3) is 4.44. The Morgan fingerprint density at radius 1 is 1.00 bits per heavy atom. The lowest BCUT2D eigenvalue weighted by Crippen LogP contribution is -2.47. The number of methoxy groups -OCH3 is 1. The molecule has 1 aliphatic heterocycles. The van der Waals surface area contributed by atoms with Crippen LogP contribution in [0.3, 0.4) is 0 Å². The molecular weight excluding hydrogens is 366 g/mol. The minimum Gasteiger partial charge on any atom is -0.497 e. The zero-order chi connectivity index (χ0) is 20.1. The van der Waals surface area contributed by atoms with Crippen LogP contribution in [0.25, 0.3) is 10.9 Å². The van der Waals surface area contributed by atoms with Gasteiger partial charge in [-0.15, -0.1) is 0 Å². The number of anilines is 1. The van der Waals surface area contributed by atoms with E-state index < -0.39 is 0 Å². The molecule has 6 heteroatoms. The molecule has 0 saturated carbocycles. The lowest BCUT2D eigenvalue weighted by molar-refractivity contribution is 0.189. The molecule has 0 amide bonds. The number of pyridine rings is 1. The standard InChI is InChI=1S/C23H27N3O3/c1-28-19-7-5-18(6-8-19)17-29-22-4-2-3-20-21(9-10-24-23(20)22)26-13-11-25(12-14-26)15-16-27/h2-10,27H,11-17H2,1H3. The number of benzene rings is 2. The molecule has 3 aromatic rings. The Morgan fingerprint density at radius 2 is 1.79 bits per heavy atom. The number of ether oxygens (including phenoxy) is 2. The Bertz CT molecular complexity index is 938. The summed E-state index contributed by atoms with van der Waals surface area (Å²) in [6, 6.07) is 16.1. The third-order valence-corrected chi connectivity index (χ3v) is 5.39. The van der Waals surface area contributed by atoms with Crippen molar-refractivity contribution in [1.29, 1.82) is 0 Å². The first-order valence-corrected chi connectivity index (χ1v) is 10.00. The second-order valence-corrected chi connectivity index (χ2v) is 7.17. The van der Waals surface area contributed by atoms with Gasteiger partial charge in [0.05, 0.1) is 13.7 Å². The molecule has 0 radical (unpaired) electrons. The number of hydrogen-bond donors (Lipinski definition) is 1. The van der Waals surface area contributed by atoms with Crippen LogP contribution >= 0.6 is 0 Å². The highest BCUT2D eigenvalue weighted by Gasteiger charge is 2.19. The number of rotatable bonds is 7. The summed E-state index contributed by atoms with van der Waals surface area (Å²) in [6.07, 6.45) is 1.86. The van der Waals surface area contributed by atoms with Gasteiger partial charge in [-0.1, -0.05) is 24.3 Å². The molecule has 29 heavy (non-hydrogen) atoms. The topological polar surface area (TPSA) is 58.1 Å². The molecule has 1 saturated heterocycles. The Kier molecular flexibility index (Phi) is 6.12. The molecular formula is C23H27N3O3. The van der Waals surface area contributed by atoms with Gasteiger partial charge in [-0.2, -0.15) is 0 Å². The van der Waals surface area contributed by atoms with Crippen molar-refractivity contribution in [3.05, 3.63) is 60.3 Å². The van der Waals surface area contributed by atoms with E-state index >= 15 is 0 Å². The molecule has 1 aliphatic rings. The lowest BCUT2D eigenvalue weighted by atomic mass is 10.1. The van der Waals surface area contributed by atoms with Gasteiger partial charge in [-0.05, 0) is 29.8 Å². The van der Waals surface area contributed by atoms with Crippen molar-refractivity contribution in [1.82, 2.24) is 9.88 Å². The molecule has 1 aromatic heterocycles. The Labute approximate surface area is 171 Å². The van der Waals surface area contributed by atoms with Crippen LogP contribution in [-0.2, 0) is 6.61 Å². The van der Waals surface area contributed by atoms with Crippen LogP contribution in [0.15, 0.2) is 54.7 Å². The second kappa shape index (κ2) is 9.11. The van der Waals surface area contributed by atoms with E-state index in [0.717, 1.165) is 60.7 Å². The summed E-state index contributed by atoms with van der Waals surface area (Å²) in [5.41, 5.74) is 3.16. The fraction of sp³-hybridized carbons (Fsp3) is 0.348. The summed E-state index contributed by atoms with van der Waals surface area (Å²) in [5.74, 6) is 1.63. The minimum absolute atomic E-state index is 0.215. The van der Waals surface area contributed by atoms with Crippen LogP contribution in [0.5, 0.6) is 11.5 Å². The van der Waals surface area contributed by atoms with Crippen LogP contribution in [0.2, 0.25) is 0 Å². The minimum atomic E-state index is 0.215. The van der Waals surface area contributed by atoms with E-state index in [9.17, 15) is 0 Å². The highest BCUT2D eigenvalue weighted by atomic mass is 16.5. The van der Waals surface area contributed by atoms with Gasteiger partial charge >= 0.3 is 0 Å². The van der Waals surface area contributed by atoms with Gasteiger partial charge in [0, 0.05) is 50.0 Å². The number of nitrogens with zero attached hydrogens (tertiary/aromatic N) is 3. The van der Waals surface area contributed by atoms with Crippen molar-refractivity contribution in [3.63, 3.8) is 0 Å². The van der Waals surface area contributed by atoms with E-state index in [1.165, 1.54) is 5.69 Å². The van der Waals surface area contributed by atoms with E-state index in [1.54, 1.807) is 7.11 Å². The van der Waals surface area contributed by atoms with Crippen LogP contribution in [-0.4, -0.2) is 61.4 Å². The summed E-state index contributed by atoms with van der Waals surface area (Å²) in [5, 5.41) is 10.3. The van der Waals surface area contributed by atoms with E-state index in [4.69, 9.17) is 14.6 Å². The highest BCUT2D eigenvalue weighted by molar-refractivity contribution is 5.95. The number of para-hydroxylation sites is 1. The molecule has 0 aliphatic carbocycles. The summed E-state index contributed by atoms with van der Waals surface area (Å²) < 4.78 is 11.3. The molecule has 2 aromatic carbocycles. The van der Waals surface area contributed by atoms with E-state index in [2.05, 4.69) is 26.9 Å². The number of hydrogen-bond acceptors (Lipinski definition) is 6. The number of β-amino-alcohol motifs (C(OH)–C–C–N with tert-alkyl or cyclic N) is 1. The van der Waals surface area contributed by atoms with Crippen molar-refractivity contribution in [3.8, 4) is 11.5 Å². The van der Waals surface area contributed by atoms with Crippen molar-refractivity contribution < 1.29 is 14.6 Å². The Morgan fingerprint density at radius 3 is 2.52 bits per heavy atom. The van der Waals surface area contributed by atoms with Crippen molar-refractivity contribution in [2.45, 2.75) is 6.61 Å². The van der Waals surface area contributed by atoms with Crippen LogP contribution in [0, 0.1) is 0 Å². The molecule has 4 rings (SSSR count). The predicted octanol–water partition coefficient (Wildman–Crippen LogP) is 2.94. The smallest absolute Gasteiger partial charge is 0.146 e. The molecule has 0 bridgehead atoms. The van der Waals surface area contributed by atoms with Gasteiger partial charge in [-0.25, -0.2) is 0 Å². The Balaban J connectivity index is 1.52. The van der Waals surface area contributed by atoms with E-state index in [1.807, 2.05) is 42.6 Å². The van der Waals surface area contributed by atoms with Gasteiger partial charge in [0.1, 0.15) is 23.6 Å². The number of aliphatic hydroxyl groups excluding tert-OH is 1. The largest absolute Gasteiger partial charge is 0.497 e. The fourth-order valence-electron chi connectivity index (χ4n) is 3.76. The van der Waals surface area contributed by atoms with Crippen LogP contribution < -0.4 is 14.4 Å². The Hall–Kier alpha value is -2.83. The normalized spacial score (nSPS) is 14.9. The summed E-state index contributed by atoms with van der Waals surface area (Å²) in [7, 11) is 1.66. The number of aliphatic hydroxyl groups is 1. The monoisotopic (exact) mass is 393 g/mol.